The zero-order valence-electron chi connectivity index (χ0n) is 13.7. The summed E-state index contributed by atoms with van der Waals surface area (Å²) >= 11 is 13.8. The smallest absolute Gasteiger partial charge is 0.224 e. The summed E-state index contributed by atoms with van der Waals surface area (Å²) in [5.41, 5.74) is 0.780. The van der Waals surface area contributed by atoms with Gasteiger partial charge in [-0.3, -0.25) is 9.69 Å². The number of carbonyl (C=O) groups is 1. The Morgan fingerprint density at radius 3 is 2.76 bits per heavy atom. The molecule has 25 heavy (non-hydrogen) atoms. The number of amides is 1. The number of hydrogen-bond acceptors (Lipinski definition) is 4. The Hall–Kier alpha value is -1.11. The molecule has 0 saturated carbocycles. The average molecular weight is 399 g/mol. The summed E-state index contributed by atoms with van der Waals surface area (Å²) < 4.78 is 5.44. The lowest BCUT2D eigenvalue weighted by Gasteiger charge is -2.34. The summed E-state index contributed by atoms with van der Waals surface area (Å²) in [7, 11) is 0. The molecular formula is C18H20Cl2N2O2S. The van der Waals surface area contributed by atoms with Crippen LogP contribution in [0.4, 0.5) is 0 Å². The quantitative estimate of drug-likeness (QED) is 0.804. The fourth-order valence-corrected chi connectivity index (χ4v) is 4.23. The zero-order valence-corrected chi connectivity index (χ0v) is 16.0. The van der Waals surface area contributed by atoms with E-state index in [2.05, 4.69) is 21.7 Å². The number of nitrogens with zero attached hydrogens (tertiary/aromatic N) is 1. The normalized spacial score (nSPS) is 16.6. The number of carbonyl (C=O) groups excluding carboxylic acids is 1. The van der Waals surface area contributed by atoms with Crippen LogP contribution in [0.5, 0.6) is 0 Å². The number of benzene rings is 1. The number of nitrogens with one attached hydrogen (secondary N) is 1. The van der Waals surface area contributed by atoms with Gasteiger partial charge in [-0.2, -0.15) is 0 Å². The van der Waals surface area contributed by atoms with E-state index in [1.807, 2.05) is 6.07 Å². The van der Waals surface area contributed by atoms with Crippen LogP contribution in [-0.2, 0) is 16.0 Å². The molecule has 1 amide bonds. The number of hydrogen-bond donors (Lipinski definition) is 1. The maximum Gasteiger partial charge on any atom is 0.224 e. The molecule has 1 atom stereocenters. The van der Waals surface area contributed by atoms with Crippen molar-refractivity contribution in [2.24, 2.45) is 0 Å². The molecule has 0 aliphatic carbocycles. The Labute approximate surface area is 161 Å². The van der Waals surface area contributed by atoms with Crippen LogP contribution in [0.2, 0.25) is 10.0 Å². The first-order chi connectivity index (χ1) is 12.1. The molecule has 1 aromatic heterocycles. The molecule has 3 rings (SSSR count). The van der Waals surface area contributed by atoms with Crippen molar-refractivity contribution < 1.29 is 9.53 Å². The fourth-order valence-electron chi connectivity index (χ4n) is 2.89. The van der Waals surface area contributed by atoms with Crippen LogP contribution in [0.25, 0.3) is 0 Å². The van der Waals surface area contributed by atoms with Gasteiger partial charge in [-0.15, -0.1) is 11.3 Å². The second kappa shape index (κ2) is 9.01. The number of thiophene rings is 1. The van der Waals surface area contributed by atoms with Crippen LogP contribution < -0.4 is 5.32 Å². The molecule has 4 nitrogen and oxygen atoms in total. The van der Waals surface area contributed by atoms with Crippen LogP contribution in [0.15, 0.2) is 35.7 Å². The maximum absolute atomic E-state index is 12.4. The predicted molar refractivity (Wildman–Crippen MR) is 103 cm³/mol. The highest BCUT2D eigenvalue weighted by Crippen LogP contribution is 2.26. The molecule has 1 saturated heterocycles. The molecule has 134 valence electrons. The minimum absolute atomic E-state index is 0.0426. The molecule has 0 spiro atoms. The number of morpholine rings is 1. The molecule has 1 fully saturated rings. The van der Waals surface area contributed by atoms with Gasteiger partial charge in [-0.1, -0.05) is 35.3 Å². The Bertz CT molecular complexity index is 703. The van der Waals surface area contributed by atoms with Gasteiger partial charge in [-0.25, -0.2) is 0 Å². The first kappa shape index (κ1) is 18.7. The van der Waals surface area contributed by atoms with E-state index in [0.717, 1.165) is 31.9 Å². The molecule has 0 radical (unpaired) electrons. The van der Waals surface area contributed by atoms with E-state index in [9.17, 15) is 4.79 Å². The Morgan fingerprint density at radius 1 is 1.28 bits per heavy atom. The molecule has 7 heteroatoms. The van der Waals surface area contributed by atoms with Gasteiger partial charge in [0.05, 0.1) is 25.7 Å². The lowest BCUT2D eigenvalue weighted by Crippen LogP contribution is -2.43. The van der Waals surface area contributed by atoms with E-state index in [1.165, 1.54) is 4.88 Å². The van der Waals surface area contributed by atoms with E-state index in [-0.39, 0.29) is 18.4 Å². The highest BCUT2D eigenvalue weighted by molar-refractivity contribution is 7.10. The third-order valence-corrected chi connectivity index (χ3v) is 5.78. The van der Waals surface area contributed by atoms with Crippen LogP contribution in [0.3, 0.4) is 0 Å². The third kappa shape index (κ3) is 5.19. The van der Waals surface area contributed by atoms with Crippen LogP contribution in [-0.4, -0.2) is 43.7 Å². The number of halogens is 2. The van der Waals surface area contributed by atoms with Gasteiger partial charge in [0.1, 0.15) is 0 Å². The van der Waals surface area contributed by atoms with Crippen LogP contribution in [0, 0.1) is 0 Å². The van der Waals surface area contributed by atoms with Gasteiger partial charge in [0.2, 0.25) is 5.91 Å². The van der Waals surface area contributed by atoms with E-state index < -0.39 is 0 Å². The van der Waals surface area contributed by atoms with Gasteiger partial charge in [-0.05, 0) is 29.1 Å². The van der Waals surface area contributed by atoms with E-state index >= 15 is 0 Å². The molecule has 1 N–H and O–H groups in total. The van der Waals surface area contributed by atoms with Crippen molar-refractivity contribution in [2.75, 3.05) is 32.8 Å². The van der Waals surface area contributed by atoms with E-state index in [4.69, 9.17) is 27.9 Å². The molecule has 1 aromatic carbocycles. The molecule has 0 bridgehead atoms. The first-order valence-corrected chi connectivity index (χ1v) is 9.83. The molecule has 1 aliphatic rings. The second-order valence-electron chi connectivity index (χ2n) is 5.90. The van der Waals surface area contributed by atoms with Gasteiger partial charge in [0, 0.05) is 34.6 Å². The van der Waals surface area contributed by atoms with Crippen molar-refractivity contribution in [2.45, 2.75) is 12.5 Å². The van der Waals surface area contributed by atoms with Crippen LogP contribution >= 0.6 is 34.5 Å². The SMILES string of the molecule is O=C(Cc1ccc(Cl)cc1Cl)NC[C@@H](c1cccs1)N1CCOCC1. The lowest BCUT2D eigenvalue weighted by molar-refractivity contribution is -0.120. The molecule has 2 aromatic rings. The minimum atomic E-state index is -0.0426. The molecule has 0 unspecified atom stereocenters. The standard InChI is InChI=1S/C18H20Cl2N2O2S/c19-14-4-3-13(15(20)11-14)10-18(23)21-12-16(17-2-1-9-25-17)22-5-7-24-8-6-22/h1-4,9,11,16H,5-8,10,12H2,(H,21,23)/t16-/m0/s1. The number of ether oxygens (including phenoxy) is 1. The third-order valence-electron chi connectivity index (χ3n) is 4.22. The summed E-state index contributed by atoms with van der Waals surface area (Å²) in [6, 6.07) is 9.54. The highest BCUT2D eigenvalue weighted by atomic mass is 35.5. The summed E-state index contributed by atoms with van der Waals surface area (Å²) in [5, 5.41) is 6.21. The Kier molecular flexibility index (Phi) is 6.73. The summed E-state index contributed by atoms with van der Waals surface area (Å²) in [6.45, 7) is 3.79. The van der Waals surface area contributed by atoms with Gasteiger partial charge in [0.25, 0.3) is 0 Å². The van der Waals surface area contributed by atoms with Gasteiger partial charge < -0.3 is 10.1 Å². The van der Waals surface area contributed by atoms with Crippen molar-refractivity contribution in [3.8, 4) is 0 Å². The highest BCUT2D eigenvalue weighted by Gasteiger charge is 2.24. The van der Waals surface area contributed by atoms with Crippen molar-refractivity contribution in [1.29, 1.82) is 0 Å². The topological polar surface area (TPSA) is 41.6 Å². The van der Waals surface area contributed by atoms with Crippen molar-refractivity contribution >= 4 is 40.4 Å². The minimum Gasteiger partial charge on any atom is -0.379 e. The van der Waals surface area contributed by atoms with Gasteiger partial charge >= 0.3 is 0 Å². The predicted octanol–water partition coefficient (Wildman–Crippen LogP) is 3.79. The molecule has 1 aliphatic heterocycles. The fraction of sp³-hybridized carbons (Fsp3) is 0.389. The lowest BCUT2D eigenvalue weighted by atomic mass is 10.1. The second-order valence-corrected chi connectivity index (χ2v) is 7.72. The van der Waals surface area contributed by atoms with Crippen molar-refractivity contribution in [3.05, 3.63) is 56.2 Å². The summed E-state index contributed by atoms with van der Waals surface area (Å²) in [6.07, 6.45) is 0.246. The van der Waals surface area contributed by atoms with Crippen molar-refractivity contribution in [1.82, 2.24) is 10.2 Å². The molecular weight excluding hydrogens is 379 g/mol. The summed E-state index contributed by atoms with van der Waals surface area (Å²) in [4.78, 5) is 16.0. The number of rotatable bonds is 6. The Balaban J connectivity index is 1.61. The maximum atomic E-state index is 12.4. The first-order valence-electron chi connectivity index (χ1n) is 8.19. The Morgan fingerprint density at radius 2 is 2.08 bits per heavy atom. The van der Waals surface area contributed by atoms with E-state index in [1.54, 1.807) is 29.5 Å². The molecule has 2 heterocycles. The summed E-state index contributed by atoms with van der Waals surface area (Å²) in [5.74, 6) is -0.0426. The largest absolute Gasteiger partial charge is 0.379 e. The van der Waals surface area contributed by atoms with E-state index in [0.29, 0.717) is 16.6 Å². The van der Waals surface area contributed by atoms with Gasteiger partial charge in [0.15, 0.2) is 0 Å². The van der Waals surface area contributed by atoms with Crippen LogP contribution in [0.1, 0.15) is 16.5 Å². The zero-order chi connectivity index (χ0) is 17.6. The van der Waals surface area contributed by atoms with Crippen molar-refractivity contribution in [3.63, 3.8) is 0 Å². The average Bonchev–Trinajstić information content (AvgIpc) is 3.13. The monoisotopic (exact) mass is 398 g/mol.